The zero-order valence-corrected chi connectivity index (χ0v) is 24.5. The highest BCUT2D eigenvalue weighted by Crippen LogP contribution is 2.28. The predicted molar refractivity (Wildman–Crippen MR) is 164 cm³/mol. The van der Waals surface area contributed by atoms with Crippen LogP contribution in [0.25, 0.3) is 0 Å². The third kappa shape index (κ3) is 7.46. The summed E-state index contributed by atoms with van der Waals surface area (Å²) in [5, 5.41) is 5.70. The van der Waals surface area contributed by atoms with Crippen LogP contribution >= 0.6 is 0 Å². The number of hydrogen-bond acceptors (Lipinski definition) is 6. The topological polar surface area (TPSA) is 114 Å². The second-order valence-electron chi connectivity index (χ2n) is 9.47. The van der Waals surface area contributed by atoms with Gasteiger partial charge in [-0.05, 0) is 53.9 Å². The number of anilines is 2. The van der Waals surface area contributed by atoms with E-state index in [9.17, 15) is 18.0 Å². The summed E-state index contributed by atoms with van der Waals surface area (Å²) in [7, 11) is -0.601. The first-order valence-corrected chi connectivity index (χ1v) is 15.1. The molecule has 0 atom stereocenters. The molecule has 42 heavy (non-hydrogen) atoms. The van der Waals surface area contributed by atoms with Crippen LogP contribution < -0.4 is 24.4 Å². The maximum atomic E-state index is 13.5. The van der Waals surface area contributed by atoms with Gasteiger partial charge >= 0.3 is 0 Å². The van der Waals surface area contributed by atoms with Crippen molar-refractivity contribution in [2.24, 2.45) is 0 Å². The summed E-state index contributed by atoms with van der Waals surface area (Å²) < 4.78 is 37.4. The van der Waals surface area contributed by atoms with E-state index in [0.29, 0.717) is 30.2 Å². The number of rotatable bonds is 12. The summed E-state index contributed by atoms with van der Waals surface area (Å²) in [6.07, 6.45) is 1.66. The Hall–Kier alpha value is -4.83. The van der Waals surface area contributed by atoms with Gasteiger partial charge in [0, 0.05) is 6.54 Å². The highest BCUT2D eigenvalue weighted by atomic mass is 32.2. The van der Waals surface area contributed by atoms with Crippen molar-refractivity contribution in [3.63, 3.8) is 0 Å². The van der Waals surface area contributed by atoms with Crippen LogP contribution in [0.5, 0.6) is 11.5 Å². The number of ether oxygens (including phenoxy) is 2. The van der Waals surface area contributed by atoms with Crippen molar-refractivity contribution in [1.29, 1.82) is 0 Å². The van der Waals surface area contributed by atoms with Crippen LogP contribution in [0.1, 0.15) is 31.8 Å². The number of para-hydroxylation sites is 2. The molecular formula is C32H33N3O6S. The van der Waals surface area contributed by atoms with E-state index < -0.39 is 15.9 Å². The molecule has 0 saturated carbocycles. The second-order valence-corrected chi connectivity index (χ2v) is 11.4. The average molecular weight is 588 g/mol. The number of carbonyl (C=O) groups is 2. The zero-order chi connectivity index (χ0) is 30.1. The molecule has 2 N–H and O–H groups in total. The van der Waals surface area contributed by atoms with Crippen molar-refractivity contribution in [3.8, 4) is 11.5 Å². The van der Waals surface area contributed by atoms with E-state index in [4.69, 9.17) is 9.47 Å². The molecule has 0 aromatic heterocycles. The quantitative estimate of drug-likeness (QED) is 0.244. The van der Waals surface area contributed by atoms with Crippen molar-refractivity contribution in [2.75, 3.05) is 36.6 Å². The highest BCUT2D eigenvalue weighted by molar-refractivity contribution is 7.92. The number of hydrogen-bond donors (Lipinski definition) is 2. The van der Waals surface area contributed by atoms with Crippen LogP contribution in [0.2, 0.25) is 0 Å². The van der Waals surface area contributed by atoms with Gasteiger partial charge in [-0.25, -0.2) is 8.42 Å². The standard InChI is InChI=1S/C32H33N3O6S/c1-40-29-18-17-23(21-30(29)41-2)19-20-33-31(36)25-13-7-9-15-27(25)34-32(37)26-14-8-10-16-28(26)35(42(3,38)39)22-24-11-5-4-6-12-24/h4-18,21H,19-20,22H2,1-3H3,(H,33,36)(H,34,37). The maximum Gasteiger partial charge on any atom is 0.257 e. The average Bonchev–Trinajstić information content (AvgIpc) is 3.00. The maximum absolute atomic E-state index is 13.5. The minimum atomic E-state index is -3.73. The minimum Gasteiger partial charge on any atom is -0.493 e. The number of sulfonamides is 1. The molecule has 4 rings (SSSR count). The number of nitrogens with one attached hydrogen (secondary N) is 2. The van der Waals surface area contributed by atoms with Crippen molar-refractivity contribution < 1.29 is 27.5 Å². The van der Waals surface area contributed by atoms with E-state index >= 15 is 0 Å². The third-order valence-corrected chi connectivity index (χ3v) is 7.68. The first kappa shape index (κ1) is 30.1. The van der Waals surface area contributed by atoms with E-state index in [2.05, 4.69) is 10.6 Å². The Bertz CT molecular complexity index is 1660. The fourth-order valence-corrected chi connectivity index (χ4v) is 5.35. The van der Waals surface area contributed by atoms with Crippen molar-refractivity contribution in [3.05, 3.63) is 119 Å². The van der Waals surface area contributed by atoms with Gasteiger partial charge in [-0.2, -0.15) is 0 Å². The summed E-state index contributed by atoms with van der Waals surface area (Å²) >= 11 is 0. The Labute approximate surface area is 246 Å². The number of amides is 2. The first-order chi connectivity index (χ1) is 20.2. The van der Waals surface area contributed by atoms with Gasteiger partial charge in [0.1, 0.15) is 0 Å². The molecular weight excluding hydrogens is 554 g/mol. The van der Waals surface area contributed by atoms with Crippen LogP contribution in [0.3, 0.4) is 0 Å². The van der Waals surface area contributed by atoms with E-state index in [1.165, 1.54) is 4.31 Å². The summed E-state index contributed by atoms with van der Waals surface area (Å²) in [5.74, 6) is 0.323. The molecule has 0 aliphatic heterocycles. The normalized spacial score (nSPS) is 10.9. The lowest BCUT2D eigenvalue weighted by molar-refractivity contribution is 0.0955. The molecule has 0 radical (unpaired) electrons. The molecule has 0 aliphatic carbocycles. The van der Waals surface area contributed by atoms with E-state index in [-0.39, 0.29) is 29.3 Å². The zero-order valence-electron chi connectivity index (χ0n) is 23.7. The Morgan fingerprint density at radius 1 is 0.738 bits per heavy atom. The Morgan fingerprint density at radius 2 is 1.38 bits per heavy atom. The molecule has 10 heteroatoms. The van der Waals surface area contributed by atoms with Crippen LogP contribution in [-0.2, 0) is 23.0 Å². The Balaban J connectivity index is 1.50. The number of methoxy groups -OCH3 is 2. The van der Waals surface area contributed by atoms with Crippen LogP contribution in [0.15, 0.2) is 97.1 Å². The monoisotopic (exact) mass is 587 g/mol. The minimum absolute atomic E-state index is 0.0586. The van der Waals surface area contributed by atoms with E-state index in [1.807, 2.05) is 48.5 Å². The SMILES string of the molecule is COc1ccc(CCNC(=O)c2ccccc2NC(=O)c2ccccc2N(Cc2ccccc2)S(C)(=O)=O)cc1OC. The van der Waals surface area contributed by atoms with Crippen LogP contribution in [0, 0.1) is 0 Å². The van der Waals surface area contributed by atoms with Gasteiger partial charge in [0.15, 0.2) is 11.5 Å². The summed E-state index contributed by atoms with van der Waals surface area (Å²) in [4.78, 5) is 26.6. The van der Waals surface area contributed by atoms with E-state index in [1.54, 1.807) is 62.8 Å². The number of nitrogens with zero attached hydrogens (tertiary/aromatic N) is 1. The van der Waals surface area contributed by atoms with Crippen LogP contribution in [-0.4, -0.2) is 47.3 Å². The molecule has 0 heterocycles. The summed E-state index contributed by atoms with van der Waals surface area (Å²) in [5.41, 5.74) is 2.70. The van der Waals surface area contributed by atoms with Crippen molar-refractivity contribution >= 4 is 33.2 Å². The lowest BCUT2D eigenvalue weighted by atomic mass is 10.1. The van der Waals surface area contributed by atoms with E-state index in [0.717, 1.165) is 17.4 Å². The lowest BCUT2D eigenvalue weighted by Gasteiger charge is -2.25. The molecule has 0 saturated heterocycles. The number of benzene rings is 4. The van der Waals surface area contributed by atoms with Gasteiger partial charge in [-0.15, -0.1) is 0 Å². The fraction of sp³-hybridized carbons (Fsp3) is 0.188. The molecule has 9 nitrogen and oxygen atoms in total. The van der Waals surface area contributed by atoms with Gasteiger partial charge < -0.3 is 20.1 Å². The molecule has 0 unspecified atom stereocenters. The fourth-order valence-electron chi connectivity index (χ4n) is 4.44. The Kier molecular flexibility index (Phi) is 9.82. The van der Waals surface area contributed by atoms with Gasteiger partial charge in [-0.3, -0.25) is 13.9 Å². The third-order valence-electron chi connectivity index (χ3n) is 6.55. The van der Waals surface area contributed by atoms with Gasteiger partial charge in [0.2, 0.25) is 10.0 Å². The van der Waals surface area contributed by atoms with Gasteiger partial charge in [0.25, 0.3) is 11.8 Å². The molecule has 218 valence electrons. The highest BCUT2D eigenvalue weighted by Gasteiger charge is 2.24. The second kappa shape index (κ2) is 13.7. The van der Waals surface area contributed by atoms with Gasteiger partial charge in [0.05, 0.1) is 49.5 Å². The largest absolute Gasteiger partial charge is 0.493 e. The molecule has 4 aromatic carbocycles. The van der Waals surface area contributed by atoms with Crippen molar-refractivity contribution in [2.45, 2.75) is 13.0 Å². The molecule has 0 aliphatic rings. The number of carbonyl (C=O) groups excluding carboxylic acids is 2. The van der Waals surface area contributed by atoms with Crippen molar-refractivity contribution in [1.82, 2.24) is 5.32 Å². The first-order valence-electron chi connectivity index (χ1n) is 13.2. The smallest absolute Gasteiger partial charge is 0.257 e. The summed E-state index contributed by atoms with van der Waals surface area (Å²) in [6, 6.07) is 27.8. The molecule has 0 bridgehead atoms. The molecule has 0 spiro atoms. The molecule has 0 fully saturated rings. The predicted octanol–water partition coefficient (Wildman–Crippen LogP) is 4.89. The van der Waals surface area contributed by atoms with Crippen LogP contribution in [0.4, 0.5) is 11.4 Å². The molecule has 2 amide bonds. The van der Waals surface area contributed by atoms with Gasteiger partial charge in [-0.1, -0.05) is 60.7 Å². The lowest BCUT2D eigenvalue weighted by Crippen LogP contribution is -2.31. The molecule has 4 aromatic rings. The Morgan fingerprint density at radius 3 is 2.07 bits per heavy atom. The summed E-state index contributed by atoms with van der Waals surface area (Å²) in [6.45, 7) is 0.408.